The first-order chi connectivity index (χ1) is 10.1. The number of hydrogen-bond acceptors (Lipinski definition) is 4. The van der Waals surface area contributed by atoms with E-state index in [9.17, 15) is 9.59 Å². The molecule has 0 heterocycles. The molecular formula is C16H14O5. The van der Waals surface area contributed by atoms with Gasteiger partial charge in [0.05, 0.1) is 0 Å². The van der Waals surface area contributed by atoms with Crippen LogP contribution in [0.15, 0.2) is 73.3 Å². The van der Waals surface area contributed by atoms with Gasteiger partial charge in [-0.3, -0.25) is 0 Å². The Morgan fingerprint density at radius 2 is 1.19 bits per heavy atom. The summed E-state index contributed by atoms with van der Waals surface area (Å²) in [7, 11) is 0. The van der Waals surface area contributed by atoms with E-state index in [0.717, 1.165) is 6.08 Å². The lowest BCUT2D eigenvalue weighted by molar-refractivity contribution is -0.131. The summed E-state index contributed by atoms with van der Waals surface area (Å²) in [5.74, 6) is -0.0585. The summed E-state index contributed by atoms with van der Waals surface area (Å²) in [6.45, 7) is 2.96. The molecule has 1 N–H and O–H groups in total. The van der Waals surface area contributed by atoms with E-state index in [0.29, 0.717) is 11.5 Å². The highest BCUT2D eigenvalue weighted by Gasteiger charge is 2.06. The van der Waals surface area contributed by atoms with Crippen molar-refractivity contribution in [1.82, 2.24) is 0 Å². The highest BCUT2D eigenvalue weighted by atomic mass is 16.7. The van der Waals surface area contributed by atoms with Gasteiger partial charge in [-0.05, 0) is 24.3 Å². The third-order valence-corrected chi connectivity index (χ3v) is 2.06. The van der Waals surface area contributed by atoms with Gasteiger partial charge in [-0.2, -0.15) is 0 Å². The Bertz CT molecular complexity index is 535. The third kappa shape index (κ3) is 7.17. The maximum absolute atomic E-state index is 11.3. The van der Waals surface area contributed by atoms with E-state index in [-0.39, 0.29) is 0 Å². The largest absolute Gasteiger partial charge is 0.519 e. The van der Waals surface area contributed by atoms with E-state index in [1.807, 2.05) is 12.1 Å². The van der Waals surface area contributed by atoms with Crippen molar-refractivity contribution in [2.45, 2.75) is 0 Å². The van der Waals surface area contributed by atoms with Crippen molar-refractivity contribution in [3.63, 3.8) is 0 Å². The van der Waals surface area contributed by atoms with Crippen LogP contribution in [-0.2, 0) is 4.79 Å². The number of carboxylic acids is 1. The Balaban J connectivity index is 0.000000383. The molecular weight excluding hydrogens is 272 g/mol. The molecule has 0 aliphatic heterocycles. The number of carboxylic acid groups (broad SMARTS) is 1. The van der Waals surface area contributed by atoms with Crippen LogP contribution in [0.5, 0.6) is 11.5 Å². The van der Waals surface area contributed by atoms with E-state index in [2.05, 4.69) is 6.58 Å². The molecule has 0 aliphatic rings. The fourth-order valence-corrected chi connectivity index (χ4v) is 1.19. The van der Waals surface area contributed by atoms with Crippen molar-refractivity contribution < 1.29 is 24.2 Å². The zero-order valence-electron chi connectivity index (χ0n) is 11.1. The predicted octanol–water partition coefficient (Wildman–Crippen LogP) is 3.52. The Hall–Kier alpha value is -3.08. The Kier molecular flexibility index (Phi) is 6.79. The van der Waals surface area contributed by atoms with Gasteiger partial charge in [-0.25, -0.2) is 9.59 Å². The lowest BCUT2D eigenvalue weighted by atomic mass is 10.3. The second kappa shape index (κ2) is 8.92. The van der Waals surface area contributed by atoms with Crippen LogP contribution in [0, 0.1) is 0 Å². The van der Waals surface area contributed by atoms with Crippen LogP contribution in [-0.4, -0.2) is 17.2 Å². The van der Waals surface area contributed by atoms with E-state index in [4.69, 9.17) is 14.6 Å². The molecule has 5 nitrogen and oxygen atoms in total. The van der Waals surface area contributed by atoms with Crippen LogP contribution in [0.1, 0.15) is 0 Å². The van der Waals surface area contributed by atoms with Gasteiger partial charge in [-0.1, -0.05) is 43.0 Å². The lowest BCUT2D eigenvalue weighted by Crippen LogP contribution is -2.13. The molecule has 0 atom stereocenters. The fraction of sp³-hybridized carbons (Fsp3) is 0. The second-order valence-electron chi connectivity index (χ2n) is 3.62. The average molecular weight is 286 g/mol. The van der Waals surface area contributed by atoms with Crippen molar-refractivity contribution in [3.05, 3.63) is 73.3 Å². The van der Waals surface area contributed by atoms with Gasteiger partial charge >= 0.3 is 12.1 Å². The van der Waals surface area contributed by atoms with Gasteiger partial charge in [0.1, 0.15) is 11.5 Å². The number of ether oxygens (including phenoxy) is 2. The molecule has 0 amide bonds. The third-order valence-electron chi connectivity index (χ3n) is 2.06. The second-order valence-corrected chi connectivity index (χ2v) is 3.62. The predicted molar refractivity (Wildman–Crippen MR) is 77.4 cm³/mol. The minimum Gasteiger partial charge on any atom is -0.478 e. The minimum atomic E-state index is -0.981. The molecule has 0 unspecified atom stereocenters. The summed E-state index contributed by atoms with van der Waals surface area (Å²) >= 11 is 0. The van der Waals surface area contributed by atoms with Crippen LogP contribution >= 0.6 is 0 Å². The highest BCUT2D eigenvalue weighted by molar-refractivity contribution is 5.78. The van der Waals surface area contributed by atoms with Crippen molar-refractivity contribution >= 4 is 12.1 Å². The number of carbonyl (C=O) groups is 2. The topological polar surface area (TPSA) is 72.8 Å². The average Bonchev–Trinajstić information content (AvgIpc) is 2.49. The van der Waals surface area contributed by atoms with E-state index < -0.39 is 12.1 Å². The standard InChI is InChI=1S/C13H10O3.C3H4O2/c14-13(15-11-7-3-1-4-8-11)16-12-9-5-2-6-10-12;1-2-3(4)5/h1-10H;2H,1H2,(H,4,5). The quantitative estimate of drug-likeness (QED) is 0.531. The molecule has 0 bridgehead atoms. The first kappa shape index (κ1) is 16.0. The number of benzene rings is 2. The van der Waals surface area contributed by atoms with Gasteiger partial charge in [0.2, 0.25) is 0 Å². The summed E-state index contributed by atoms with van der Waals surface area (Å²) < 4.78 is 9.91. The molecule has 0 aromatic heterocycles. The molecule has 0 aliphatic carbocycles. The zero-order chi connectivity index (χ0) is 15.5. The molecule has 0 saturated heterocycles. The fourth-order valence-electron chi connectivity index (χ4n) is 1.19. The summed E-state index contributed by atoms with van der Waals surface area (Å²) in [5.41, 5.74) is 0. The molecule has 5 heteroatoms. The molecule has 0 fully saturated rings. The molecule has 2 aromatic carbocycles. The smallest absolute Gasteiger partial charge is 0.478 e. The van der Waals surface area contributed by atoms with E-state index >= 15 is 0 Å². The van der Waals surface area contributed by atoms with Crippen molar-refractivity contribution in [1.29, 1.82) is 0 Å². The van der Waals surface area contributed by atoms with Gasteiger partial charge < -0.3 is 14.6 Å². The van der Waals surface area contributed by atoms with Crippen LogP contribution in [0.25, 0.3) is 0 Å². The Morgan fingerprint density at radius 3 is 1.48 bits per heavy atom. The van der Waals surface area contributed by atoms with Gasteiger partial charge in [0.25, 0.3) is 0 Å². The van der Waals surface area contributed by atoms with Crippen LogP contribution in [0.4, 0.5) is 4.79 Å². The molecule has 108 valence electrons. The first-order valence-electron chi connectivity index (χ1n) is 5.97. The molecule has 2 aromatic rings. The van der Waals surface area contributed by atoms with Gasteiger partial charge in [-0.15, -0.1) is 0 Å². The van der Waals surface area contributed by atoms with Gasteiger partial charge in [0.15, 0.2) is 0 Å². The van der Waals surface area contributed by atoms with Crippen LogP contribution in [0.3, 0.4) is 0 Å². The lowest BCUT2D eigenvalue weighted by Gasteiger charge is -2.04. The van der Waals surface area contributed by atoms with Crippen LogP contribution < -0.4 is 9.47 Å². The normalized spacial score (nSPS) is 8.76. The number of aliphatic carboxylic acids is 1. The molecule has 0 radical (unpaired) electrons. The summed E-state index contributed by atoms with van der Waals surface area (Å²) in [5, 5.41) is 7.60. The van der Waals surface area contributed by atoms with Gasteiger partial charge in [0, 0.05) is 6.08 Å². The molecule has 21 heavy (non-hydrogen) atoms. The van der Waals surface area contributed by atoms with Crippen molar-refractivity contribution in [3.8, 4) is 11.5 Å². The first-order valence-corrected chi connectivity index (χ1v) is 5.97. The monoisotopic (exact) mass is 286 g/mol. The number of hydrogen-bond donors (Lipinski definition) is 1. The van der Waals surface area contributed by atoms with Crippen molar-refractivity contribution in [2.24, 2.45) is 0 Å². The summed E-state index contributed by atoms with van der Waals surface area (Å²) in [6, 6.07) is 17.6. The summed E-state index contributed by atoms with van der Waals surface area (Å²) in [4.78, 5) is 20.6. The maximum Gasteiger partial charge on any atom is 0.519 e. The van der Waals surface area contributed by atoms with Crippen molar-refractivity contribution in [2.75, 3.05) is 0 Å². The number of carbonyl (C=O) groups excluding carboxylic acids is 1. The maximum atomic E-state index is 11.3. The SMILES string of the molecule is C=CC(=O)O.O=C(Oc1ccccc1)Oc1ccccc1. The number of rotatable bonds is 3. The van der Waals surface area contributed by atoms with E-state index in [1.54, 1.807) is 48.5 Å². The molecule has 2 rings (SSSR count). The number of para-hydroxylation sites is 2. The zero-order valence-corrected chi connectivity index (χ0v) is 11.1. The minimum absolute atomic E-state index is 0.462. The Morgan fingerprint density at radius 1 is 0.857 bits per heavy atom. The summed E-state index contributed by atoms with van der Waals surface area (Å²) in [6.07, 6.45) is 0.0948. The Labute approximate surface area is 122 Å². The van der Waals surface area contributed by atoms with Crippen LogP contribution in [0.2, 0.25) is 0 Å². The highest BCUT2D eigenvalue weighted by Crippen LogP contribution is 2.12. The van der Waals surface area contributed by atoms with E-state index in [1.165, 1.54) is 0 Å². The molecule has 0 saturated carbocycles. The molecule has 0 spiro atoms.